The highest BCUT2D eigenvalue weighted by atomic mass is 79.9. The maximum atomic E-state index is 12.5. The van der Waals surface area contributed by atoms with Crippen LogP contribution < -0.4 is 4.72 Å². The Morgan fingerprint density at radius 2 is 1.67 bits per heavy atom. The third-order valence-electron chi connectivity index (χ3n) is 2.95. The molecule has 4 nitrogen and oxygen atoms in total. The number of hydrogen-bond donors (Lipinski definition) is 1. The van der Waals surface area contributed by atoms with Crippen LogP contribution in [0.1, 0.15) is 19.4 Å². The Morgan fingerprint density at radius 3 is 2.24 bits per heavy atom. The summed E-state index contributed by atoms with van der Waals surface area (Å²) in [7, 11) is -3.65. The summed E-state index contributed by atoms with van der Waals surface area (Å²) in [4.78, 5) is 4.02. The largest absolute Gasteiger partial charge is 0.262 e. The topological polar surface area (TPSA) is 59.1 Å². The van der Waals surface area contributed by atoms with E-state index in [0.29, 0.717) is 4.47 Å². The molecule has 0 atom stereocenters. The average Bonchev–Trinajstić information content (AvgIpc) is 2.38. The number of hydrogen-bond acceptors (Lipinski definition) is 3. The number of pyridine rings is 1. The van der Waals surface area contributed by atoms with Crippen molar-refractivity contribution in [1.29, 1.82) is 0 Å². The summed E-state index contributed by atoms with van der Waals surface area (Å²) in [6, 6.07) is 9.04. The minimum Gasteiger partial charge on any atom is -0.262 e. The fourth-order valence-electron chi connectivity index (χ4n) is 1.86. The third kappa shape index (κ3) is 4.12. The fourth-order valence-corrected chi connectivity index (χ4v) is 4.03. The summed E-state index contributed by atoms with van der Waals surface area (Å²) < 4.78 is 29.2. The second-order valence-electron chi connectivity index (χ2n) is 5.08. The molecule has 1 heterocycles. The molecule has 0 fully saturated rings. The molecule has 1 aromatic heterocycles. The van der Waals surface area contributed by atoms with Gasteiger partial charge in [0.15, 0.2) is 0 Å². The van der Waals surface area contributed by atoms with Crippen LogP contribution in [0.25, 0.3) is 0 Å². The lowest BCUT2D eigenvalue weighted by Crippen LogP contribution is -2.40. The lowest BCUT2D eigenvalue weighted by Gasteiger charge is -2.26. The lowest BCUT2D eigenvalue weighted by atomic mass is 9.96. The molecule has 0 bridgehead atoms. The lowest BCUT2D eigenvalue weighted by molar-refractivity contribution is 0.472. The minimum atomic E-state index is -3.65. The van der Waals surface area contributed by atoms with E-state index in [-0.39, 0.29) is 4.90 Å². The highest BCUT2D eigenvalue weighted by Gasteiger charge is 2.28. The first-order valence-corrected chi connectivity index (χ1v) is 9.18. The van der Waals surface area contributed by atoms with E-state index >= 15 is 0 Å². The number of benzene rings is 1. The van der Waals surface area contributed by atoms with Gasteiger partial charge in [0.1, 0.15) is 4.90 Å². The number of halogens is 2. The second-order valence-corrected chi connectivity index (χ2v) is 8.59. The van der Waals surface area contributed by atoms with E-state index in [4.69, 9.17) is 0 Å². The Morgan fingerprint density at radius 1 is 1.05 bits per heavy atom. The van der Waals surface area contributed by atoms with E-state index in [0.717, 1.165) is 10.0 Å². The van der Waals surface area contributed by atoms with Crippen molar-refractivity contribution in [2.24, 2.45) is 0 Å². The Labute approximate surface area is 141 Å². The highest BCUT2D eigenvalue weighted by molar-refractivity contribution is 9.10. The van der Waals surface area contributed by atoms with Gasteiger partial charge in [-0.05, 0) is 53.5 Å². The molecule has 0 aliphatic carbocycles. The van der Waals surface area contributed by atoms with Gasteiger partial charge in [0.05, 0.1) is 5.54 Å². The van der Waals surface area contributed by atoms with Crippen molar-refractivity contribution < 1.29 is 8.42 Å². The summed E-state index contributed by atoms with van der Waals surface area (Å²) in [5.74, 6) is 0. The first-order chi connectivity index (χ1) is 9.71. The SMILES string of the molecule is CC(C)(NS(=O)(=O)c1cncc(Br)c1)c1ccc(Br)cc1. The first kappa shape index (κ1) is 16.6. The summed E-state index contributed by atoms with van der Waals surface area (Å²) in [5, 5.41) is 0. The van der Waals surface area contributed by atoms with Crippen molar-refractivity contribution >= 4 is 41.9 Å². The van der Waals surface area contributed by atoms with Crippen molar-refractivity contribution in [2.75, 3.05) is 0 Å². The molecule has 0 aliphatic heterocycles. The first-order valence-electron chi connectivity index (χ1n) is 6.11. The van der Waals surface area contributed by atoms with E-state index in [1.54, 1.807) is 6.20 Å². The van der Waals surface area contributed by atoms with E-state index < -0.39 is 15.6 Å². The minimum absolute atomic E-state index is 0.127. The fraction of sp³-hybridized carbons (Fsp3) is 0.214. The highest BCUT2D eigenvalue weighted by Crippen LogP contribution is 2.25. The number of sulfonamides is 1. The number of aromatic nitrogens is 1. The van der Waals surface area contributed by atoms with E-state index in [1.807, 2.05) is 38.1 Å². The standard InChI is InChI=1S/C14H14Br2N2O2S/c1-14(2,10-3-5-11(15)6-4-10)18-21(19,20)13-7-12(16)8-17-9-13/h3-9,18H,1-2H3. The Hall–Kier alpha value is -0.760. The molecule has 7 heteroatoms. The van der Waals surface area contributed by atoms with Crippen LogP contribution in [0, 0.1) is 0 Å². The van der Waals surface area contributed by atoms with Gasteiger partial charge in [-0.25, -0.2) is 13.1 Å². The van der Waals surface area contributed by atoms with Gasteiger partial charge >= 0.3 is 0 Å². The van der Waals surface area contributed by atoms with E-state index in [1.165, 1.54) is 12.3 Å². The zero-order valence-corrected chi connectivity index (χ0v) is 15.5. The van der Waals surface area contributed by atoms with Crippen LogP contribution in [0.2, 0.25) is 0 Å². The van der Waals surface area contributed by atoms with Gasteiger partial charge < -0.3 is 0 Å². The molecular formula is C14H14Br2N2O2S. The van der Waals surface area contributed by atoms with Crippen LogP contribution in [0.5, 0.6) is 0 Å². The number of rotatable bonds is 4. The molecule has 0 saturated carbocycles. The number of nitrogens with one attached hydrogen (secondary N) is 1. The van der Waals surface area contributed by atoms with Crippen LogP contribution in [-0.4, -0.2) is 13.4 Å². The molecule has 0 amide bonds. The van der Waals surface area contributed by atoms with Gasteiger partial charge in [-0.1, -0.05) is 28.1 Å². The zero-order chi connectivity index (χ0) is 15.7. The molecular weight excluding hydrogens is 420 g/mol. The predicted octanol–water partition coefficient (Wildman–Crippen LogP) is 3.82. The maximum Gasteiger partial charge on any atom is 0.242 e. The van der Waals surface area contributed by atoms with Crippen LogP contribution in [0.4, 0.5) is 0 Å². The van der Waals surface area contributed by atoms with Crippen LogP contribution in [0.3, 0.4) is 0 Å². The summed E-state index contributed by atoms with van der Waals surface area (Å²) >= 11 is 6.59. The quantitative estimate of drug-likeness (QED) is 0.797. The van der Waals surface area contributed by atoms with Crippen molar-refractivity contribution in [3.05, 3.63) is 57.2 Å². The molecule has 2 rings (SSSR count). The second kappa shape index (κ2) is 6.16. The molecule has 0 aliphatic rings. The molecule has 1 N–H and O–H groups in total. The predicted molar refractivity (Wildman–Crippen MR) is 89.4 cm³/mol. The summed E-state index contributed by atoms with van der Waals surface area (Å²) in [5.41, 5.74) is 0.138. The van der Waals surface area contributed by atoms with Gasteiger partial charge in [-0.2, -0.15) is 0 Å². The average molecular weight is 434 g/mol. The molecule has 112 valence electrons. The van der Waals surface area contributed by atoms with Crippen molar-refractivity contribution in [3.63, 3.8) is 0 Å². The van der Waals surface area contributed by atoms with Gasteiger partial charge in [0.25, 0.3) is 0 Å². The Balaban J connectivity index is 2.32. The van der Waals surface area contributed by atoms with Gasteiger partial charge in [0.2, 0.25) is 10.0 Å². The van der Waals surface area contributed by atoms with Gasteiger partial charge in [0, 0.05) is 21.3 Å². The number of nitrogens with zero attached hydrogens (tertiary/aromatic N) is 1. The summed E-state index contributed by atoms with van der Waals surface area (Å²) in [6.07, 6.45) is 2.86. The molecule has 0 unspecified atom stereocenters. The van der Waals surface area contributed by atoms with Crippen LogP contribution in [-0.2, 0) is 15.6 Å². The molecule has 0 spiro atoms. The molecule has 21 heavy (non-hydrogen) atoms. The molecule has 0 radical (unpaired) electrons. The monoisotopic (exact) mass is 432 g/mol. The van der Waals surface area contributed by atoms with E-state index in [2.05, 4.69) is 41.6 Å². The van der Waals surface area contributed by atoms with Crippen molar-refractivity contribution in [1.82, 2.24) is 9.71 Å². The maximum absolute atomic E-state index is 12.5. The molecule has 1 aromatic carbocycles. The Kier molecular flexibility index (Phi) is 4.87. The molecule has 2 aromatic rings. The summed E-state index contributed by atoms with van der Waals surface area (Å²) in [6.45, 7) is 3.64. The molecule has 0 saturated heterocycles. The Bertz CT molecular complexity index is 744. The van der Waals surface area contributed by atoms with E-state index in [9.17, 15) is 8.42 Å². The normalized spacial score (nSPS) is 12.4. The zero-order valence-electron chi connectivity index (χ0n) is 11.5. The van der Waals surface area contributed by atoms with Crippen LogP contribution in [0.15, 0.2) is 56.6 Å². The van der Waals surface area contributed by atoms with Crippen molar-refractivity contribution in [2.45, 2.75) is 24.3 Å². The van der Waals surface area contributed by atoms with Crippen molar-refractivity contribution in [3.8, 4) is 0 Å². The van der Waals surface area contributed by atoms with Crippen LogP contribution >= 0.6 is 31.9 Å². The third-order valence-corrected chi connectivity index (χ3v) is 5.53. The van der Waals surface area contributed by atoms with Gasteiger partial charge in [-0.15, -0.1) is 0 Å². The van der Waals surface area contributed by atoms with Gasteiger partial charge in [-0.3, -0.25) is 4.98 Å². The smallest absolute Gasteiger partial charge is 0.242 e.